The fourth-order valence-corrected chi connectivity index (χ4v) is 7.00. The van der Waals surface area contributed by atoms with Crippen molar-refractivity contribution in [1.29, 1.82) is 0 Å². The third kappa shape index (κ3) is 9.23. The molecule has 0 fully saturated rings. The van der Waals surface area contributed by atoms with Crippen molar-refractivity contribution in [2.45, 2.75) is 62.4 Å². The second-order valence-corrected chi connectivity index (χ2v) is 14.1. The van der Waals surface area contributed by atoms with Crippen LogP contribution in [0.1, 0.15) is 42.0 Å². The molecule has 9 heteroatoms. The number of hydrogen-bond donors (Lipinski definition) is 1. The number of rotatable bonds is 15. The van der Waals surface area contributed by atoms with Crippen molar-refractivity contribution in [2.24, 2.45) is 0 Å². The van der Waals surface area contributed by atoms with Gasteiger partial charge < -0.3 is 10.2 Å². The standard InChI is InChI=1S/C37H43N3O4S2/c1-5-6-23-38-37(42)35(25-30-12-8-7-9-13-30)39(26-31-14-10-11-29(3)24-31)36(41)27-40(32-17-15-28(2)16-18-32)46(43,44)34-21-19-33(45-4)20-22-34/h7-22,24,35H,5-6,23,25-27H2,1-4H3,(H,38,42)/t35-/m0/s1. The number of nitrogens with zero attached hydrogens (tertiary/aromatic N) is 2. The lowest BCUT2D eigenvalue weighted by atomic mass is 10.0. The highest BCUT2D eigenvalue weighted by atomic mass is 32.2. The number of anilines is 1. The number of hydrogen-bond acceptors (Lipinski definition) is 5. The number of carbonyl (C=O) groups is 2. The van der Waals surface area contributed by atoms with Gasteiger partial charge in [-0.05, 0) is 74.0 Å². The Balaban J connectivity index is 1.78. The Hall–Kier alpha value is -4.08. The Morgan fingerprint density at radius 3 is 2.13 bits per heavy atom. The summed E-state index contributed by atoms with van der Waals surface area (Å²) in [6.07, 6.45) is 3.93. The quantitative estimate of drug-likeness (QED) is 0.113. The van der Waals surface area contributed by atoms with Crippen molar-refractivity contribution >= 4 is 39.3 Å². The Labute approximate surface area is 278 Å². The molecule has 4 aromatic rings. The number of thioether (sulfide) groups is 1. The van der Waals surface area contributed by atoms with Gasteiger partial charge in [0.2, 0.25) is 11.8 Å². The minimum absolute atomic E-state index is 0.0852. The van der Waals surface area contributed by atoms with Gasteiger partial charge in [-0.25, -0.2) is 8.42 Å². The van der Waals surface area contributed by atoms with Gasteiger partial charge in [0, 0.05) is 24.4 Å². The number of unbranched alkanes of at least 4 members (excludes halogenated alkanes) is 1. The van der Waals surface area contributed by atoms with E-state index in [0.29, 0.717) is 12.2 Å². The lowest BCUT2D eigenvalue weighted by Crippen LogP contribution is -2.53. The van der Waals surface area contributed by atoms with Crippen LogP contribution in [0, 0.1) is 13.8 Å². The zero-order chi connectivity index (χ0) is 33.1. The van der Waals surface area contributed by atoms with Gasteiger partial charge in [-0.15, -0.1) is 11.8 Å². The molecule has 0 unspecified atom stereocenters. The highest BCUT2D eigenvalue weighted by molar-refractivity contribution is 7.98. The first-order chi connectivity index (χ1) is 22.1. The van der Waals surface area contributed by atoms with Crippen molar-refractivity contribution in [3.05, 3.63) is 125 Å². The lowest BCUT2D eigenvalue weighted by Gasteiger charge is -2.34. The summed E-state index contributed by atoms with van der Waals surface area (Å²) in [5, 5.41) is 3.03. The summed E-state index contributed by atoms with van der Waals surface area (Å²) in [7, 11) is -4.15. The molecular formula is C37H43N3O4S2. The van der Waals surface area contributed by atoms with E-state index in [1.807, 2.05) is 86.8 Å². The zero-order valence-corrected chi connectivity index (χ0v) is 28.6. The molecular weight excluding hydrogens is 615 g/mol. The van der Waals surface area contributed by atoms with E-state index in [1.165, 1.54) is 16.7 Å². The predicted octanol–water partition coefficient (Wildman–Crippen LogP) is 6.78. The van der Waals surface area contributed by atoms with Crippen LogP contribution >= 0.6 is 11.8 Å². The van der Waals surface area contributed by atoms with Crippen LogP contribution < -0.4 is 9.62 Å². The van der Waals surface area contributed by atoms with Gasteiger partial charge in [-0.1, -0.05) is 91.2 Å². The molecule has 7 nitrogen and oxygen atoms in total. The summed E-state index contributed by atoms with van der Waals surface area (Å²) in [5.41, 5.74) is 4.11. The molecule has 0 radical (unpaired) electrons. The van der Waals surface area contributed by atoms with E-state index in [9.17, 15) is 18.0 Å². The minimum Gasteiger partial charge on any atom is -0.354 e. The van der Waals surface area contributed by atoms with Gasteiger partial charge >= 0.3 is 0 Å². The van der Waals surface area contributed by atoms with Gasteiger partial charge in [0.15, 0.2) is 0 Å². The Morgan fingerprint density at radius 1 is 0.826 bits per heavy atom. The van der Waals surface area contributed by atoms with E-state index in [1.54, 1.807) is 36.4 Å². The highest BCUT2D eigenvalue weighted by Gasteiger charge is 2.34. The van der Waals surface area contributed by atoms with E-state index in [4.69, 9.17) is 0 Å². The van der Waals surface area contributed by atoms with Gasteiger partial charge in [-0.3, -0.25) is 13.9 Å². The summed E-state index contributed by atoms with van der Waals surface area (Å²) in [6, 6.07) is 30.2. The molecule has 0 spiro atoms. The molecule has 242 valence electrons. The van der Waals surface area contributed by atoms with E-state index in [2.05, 4.69) is 12.2 Å². The Bertz CT molecular complexity index is 1690. The normalized spacial score (nSPS) is 11.9. The molecule has 0 aromatic heterocycles. The fourth-order valence-electron chi connectivity index (χ4n) is 5.18. The van der Waals surface area contributed by atoms with Crippen LogP contribution in [0.2, 0.25) is 0 Å². The van der Waals surface area contributed by atoms with E-state index < -0.39 is 28.5 Å². The highest BCUT2D eigenvalue weighted by Crippen LogP contribution is 2.27. The lowest BCUT2D eigenvalue weighted by molar-refractivity contribution is -0.140. The molecule has 1 N–H and O–H groups in total. The van der Waals surface area contributed by atoms with E-state index in [0.717, 1.165) is 44.3 Å². The van der Waals surface area contributed by atoms with Crippen LogP contribution in [0.3, 0.4) is 0 Å². The molecule has 0 saturated carbocycles. The smallest absolute Gasteiger partial charge is 0.264 e. The third-order valence-corrected chi connectivity index (χ3v) is 10.3. The maximum atomic E-state index is 14.6. The summed E-state index contributed by atoms with van der Waals surface area (Å²) < 4.78 is 29.6. The second kappa shape index (κ2) is 16.5. The number of carbonyl (C=O) groups excluding carboxylic acids is 2. The number of benzene rings is 4. The first-order valence-corrected chi connectivity index (χ1v) is 18.2. The molecule has 4 rings (SSSR count). The largest absolute Gasteiger partial charge is 0.354 e. The summed E-state index contributed by atoms with van der Waals surface area (Å²) in [6.45, 7) is 6.10. The molecule has 4 aromatic carbocycles. The first kappa shape index (κ1) is 34.8. The van der Waals surface area contributed by atoms with Gasteiger partial charge in [0.1, 0.15) is 12.6 Å². The molecule has 0 aliphatic carbocycles. The average Bonchev–Trinajstić information content (AvgIpc) is 3.06. The van der Waals surface area contributed by atoms with Crippen molar-refractivity contribution in [3.63, 3.8) is 0 Å². The number of sulfonamides is 1. The molecule has 0 aliphatic rings. The summed E-state index contributed by atoms with van der Waals surface area (Å²) in [5.74, 6) is -0.742. The number of nitrogens with one attached hydrogen (secondary N) is 1. The second-order valence-electron chi connectivity index (χ2n) is 11.4. The Kier molecular flexibility index (Phi) is 12.5. The summed E-state index contributed by atoms with van der Waals surface area (Å²) >= 11 is 1.52. The van der Waals surface area contributed by atoms with Crippen molar-refractivity contribution < 1.29 is 18.0 Å². The molecule has 0 saturated heterocycles. The number of amides is 2. The zero-order valence-electron chi connectivity index (χ0n) is 27.0. The average molecular weight is 658 g/mol. The SMILES string of the molecule is CCCCNC(=O)[C@H](Cc1ccccc1)N(Cc1cccc(C)c1)C(=O)CN(c1ccc(C)cc1)S(=O)(=O)c1ccc(SC)cc1. The van der Waals surface area contributed by atoms with Gasteiger partial charge in [0.25, 0.3) is 10.0 Å². The van der Waals surface area contributed by atoms with Crippen LogP contribution in [-0.4, -0.2) is 50.5 Å². The molecule has 0 bridgehead atoms. The maximum absolute atomic E-state index is 14.6. The van der Waals surface area contributed by atoms with Crippen molar-refractivity contribution in [3.8, 4) is 0 Å². The molecule has 46 heavy (non-hydrogen) atoms. The van der Waals surface area contributed by atoms with Crippen LogP contribution in [0.25, 0.3) is 0 Å². The monoisotopic (exact) mass is 657 g/mol. The maximum Gasteiger partial charge on any atom is 0.264 e. The van der Waals surface area contributed by atoms with Crippen LogP contribution in [0.4, 0.5) is 5.69 Å². The predicted molar refractivity (Wildman–Crippen MR) is 188 cm³/mol. The molecule has 2 amide bonds. The van der Waals surface area contributed by atoms with Crippen molar-refractivity contribution in [2.75, 3.05) is 23.7 Å². The fraction of sp³-hybridized carbons (Fsp3) is 0.297. The van der Waals surface area contributed by atoms with Crippen LogP contribution in [0.15, 0.2) is 113 Å². The van der Waals surface area contributed by atoms with Crippen LogP contribution in [-0.2, 0) is 32.6 Å². The minimum atomic E-state index is -4.15. The molecule has 0 aliphatic heterocycles. The van der Waals surface area contributed by atoms with E-state index >= 15 is 0 Å². The van der Waals surface area contributed by atoms with E-state index in [-0.39, 0.29) is 23.8 Å². The van der Waals surface area contributed by atoms with Crippen LogP contribution in [0.5, 0.6) is 0 Å². The number of aryl methyl sites for hydroxylation is 2. The topological polar surface area (TPSA) is 86.8 Å². The van der Waals surface area contributed by atoms with Gasteiger partial charge in [0.05, 0.1) is 10.6 Å². The Morgan fingerprint density at radius 2 is 1.50 bits per heavy atom. The van der Waals surface area contributed by atoms with Gasteiger partial charge in [-0.2, -0.15) is 0 Å². The third-order valence-electron chi connectivity index (χ3n) is 7.78. The summed E-state index contributed by atoms with van der Waals surface area (Å²) in [4.78, 5) is 31.0. The van der Waals surface area contributed by atoms with Crippen molar-refractivity contribution in [1.82, 2.24) is 10.2 Å². The first-order valence-electron chi connectivity index (χ1n) is 15.5. The molecule has 1 atom stereocenters. The molecule has 0 heterocycles.